The molecule has 0 saturated heterocycles. The van der Waals surface area contributed by atoms with Crippen molar-refractivity contribution in [3.8, 4) is 17.2 Å². The lowest BCUT2D eigenvalue weighted by molar-refractivity contribution is -0.00526. The van der Waals surface area contributed by atoms with Gasteiger partial charge < -0.3 is 9.30 Å². The Labute approximate surface area is 278 Å². The highest BCUT2D eigenvalue weighted by Gasteiger charge is 2.54. The molecule has 232 valence electrons. The summed E-state index contributed by atoms with van der Waals surface area (Å²) in [6.07, 6.45) is 17.5. The molecule has 0 spiro atoms. The van der Waals surface area contributed by atoms with Crippen molar-refractivity contribution in [2.45, 2.75) is 87.9 Å². The monoisotopic (exact) mass is 611 g/mol. The van der Waals surface area contributed by atoms with Gasteiger partial charge in [0, 0.05) is 22.0 Å². The first-order chi connectivity index (χ1) is 23.1. The second kappa shape index (κ2) is 8.39. The van der Waals surface area contributed by atoms with Gasteiger partial charge in [-0.25, -0.2) is 0 Å². The zero-order valence-electron chi connectivity index (χ0n) is 27.3. The van der Waals surface area contributed by atoms with E-state index in [2.05, 4.69) is 77.4 Å². The van der Waals surface area contributed by atoms with Crippen molar-refractivity contribution in [3.05, 3.63) is 83.9 Å². The molecule has 3 heteroatoms. The van der Waals surface area contributed by atoms with Crippen LogP contribution in [0, 0.1) is 35.5 Å². The second-order valence-electron chi connectivity index (χ2n) is 18.2. The third-order valence-corrected chi connectivity index (χ3v) is 15.5. The maximum absolute atomic E-state index is 6.70. The first-order valence-corrected chi connectivity index (χ1v) is 19.1. The van der Waals surface area contributed by atoms with Gasteiger partial charge in [-0.1, -0.05) is 36.4 Å². The van der Waals surface area contributed by atoms with E-state index < -0.39 is 0 Å². The molecule has 2 nitrogen and oxygen atoms in total. The fraction of sp³-hybridized carbons (Fsp3) is 0.455. The van der Waals surface area contributed by atoms with Gasteiger partial charge in [-0.15, -0.1) is 0 Å². The molecule has 0 radical (unpaired) electrons. The van der Waals surface area contributed by atoms with Crippen LogP contribution < -0.4 is 21.1 Å². The smallest absolute Gasteiger partial charge is 0.256 e. The molecule has 10 aliphatic rings. The molecule has 0 amide bonds. The summed E-state index contributed by atoms with van der Waals surface area (Å²) >= 11 is 0. The van der Waals surface area contributed by atoms with Crippen LogP contribution in [0.1, 0.15) is 88.2 Å². The largest absolute Gasteiger partial charge is 0.458 e. The Bertz CT molecular complexity index is 2150. The highest BCUT2D eigenvalue weighted by atomic mass is 16.5. The van der Waals surface area contributed by atoms with Gasteiger partial charge in [0.1, 0.15) is 11.5 Å². The minimum Gasteiger partial charge on any atom is -0.458 e. The standard InChI is InChI=1S/C44H42BNO/c1-2-6-39-35(4-1)45-36-18-32(44-22-28-13-29(23-44)15-30(14-28)24-44)17-34-33-16-31(43-19-25-10-26(20-43)12-27(11-25)21-43)8-9-37(33)46(42(34)36)38-5-3-7-40(47-39)41(38)45/h1-9,16-18,25-30H,10-15,19-24H2. The van der Waals surface area contributed by atoms with Crippen LogP contribution in [0.4, 0.5) is 0 Å². The Hall–Kier alpha value is -3.46. The van der Waals surface area contributed by atoms with Gasteiger partial charge in [-0.05, 0) is 187 Å². The summed E-state index contributed by atoms with van der Waals surface area (Å²) in [4.78, 5) is 0. The van der Waals surface area contributed by atoms with Crippen molar-refractivity contribution in [1.82, 2.24) is 4.57 Å². The first kappa shape index (κ1) is 25.5. The molecule has 8 saturated carbocycles. The summed E-state index contributed by atoms with van der Waals surface area (Å²) in [5, 5.41) is 3.03. The van der Waals surface area contributed by atoms with E-state index >= 15 is 0 Å². The first-order valence-electron chi connectivity index (χ1n) is 19.1. The minimum absolute atomic E-state index is 0.210. The van der Waals surface area contributed by atoms with E-state index in [1.165, 1.54) is 121 Å². The van der Waals surface area contributed by atoms with E-state index in [0.29, 0.717) is 10.8 Å². The number of nitrogens with zero attached hydrogens (tertiary/aromatic N) is 1. The summed E-state index contributed by atoms with van der Waals surface area (Å²) in [5.74, 6) is 7.77. The number of aromatic nitrogens is 1. The van der Waals surface area contributed by atoms with Gasteiger partial charge in [-0.3, -0.25) is 0 Å². The molecule has 0 atom stereocenters. The number of benzene rings is 4. The fourth-order valence-corrected chi connectivity index (χ4v) is 14.7. The van der Waals surface area contributed by atoms with Gasteiger partial charge in [0.25, 0.3) is 6.71 Å². The van der Waals surface area contributed by atoms with E-state index in [1.54, 1.807) is 11.1 Å². The summed E-state index contributed by atoms with van der Waals surface area (Å²) < 4.78 is 9.35. The van der Waals surface area contributed by atoms with Gasteiger partial charge in [0.15, 0.2) is 0 Å². The highest BCUT2D eigenvalue weighted by molar-refractivity contribution is 6.99. The Morgan fingerprint density at radius 2 is 1.15 bits per heavy atom. The van der Waals surface area contributed by atoms with Crippen molar-refractivity contribution in [2.24, 2.45) is 35.5 Å². The molecule has 8 fully saturated rings. The van der Waals surface area contributed by atoms with Gasteiger partial charge >= 0.3 is 0 Å². The maximum Gasteiger partial charge on any atom is 0.256 e. The SMILES string of the molecule is c1ccc2c(c1)Oc1cccc3c1B2c1cc(C24CC5CC(CC(C5)C2)C4)cc2c4cc(C56CC7CC(CC(C7)C5)C6)ccc4n-3c12. The average molecular weight is 612 g/mol. The molecule has 8 bridgehead atoms. The van der Waals surface area contributed by atoms with Crippen molar-refractivity contribution in [1.29, 1.82) is 0 Å². The van der Waals surface area contributed by atoms with Crippen LogP contribution in [0.3, 0.4) is 0 Å². The molecule has 2 aliphatic heterocycles. The average Bonchev–Trinajstić information content (AvgIpc) is 3.39. The lowest BCUT2D eigenvalue weighted by Gasteiger charge is -2.57. The lowest BCUT2D eigenvalue weighted by atomic mass is 9.34. The Kier molecular flexibility index (Phi) is 4.56. The predicted octanol–water partition coefficient (Wildman–Crippen LogP) is 8.65. The number of rotatable bonds is 2. The predicted molar refractivity (Wildman–Crippen MR) is 192 cm³/mol. The fourth-order valence-electron chi connectivity index (χ4n) is 14.7. The van der Waals surface area contributed by atoms with Crippen LogP contribution in [-0.2, 0) is 10.8 Å². The summed E-state index contributed by atoms with van der Waals surface area (Å²) in [6.45, 7) is 0.210. The van der Waals surface area contributed by atoms with E-state index in [1.807, 2.05) is 0 Å². The molecule has 0 unspecified atom stereocenters. The second-order valence-corrected chi connectivity index (χ2v) is 18.2. The summed E-state index contributed by atoms with van der Waals surface area (Å²) in [5.41, 5.74) is 12.5. The van der Waals surface area contributed by atoms with Crippen LogP contribution in [-0.4, -0.2) is 11.3 Å². The molecule has 47 heavy (non-hydrogen) atoms. The van der Waals surface area contributed by atoms with E-state index in [-0.39, 0.29) is 6.71 Å². The Balaban J connectivity index is 1.12. The molecule has 1 aromatic heterocycles. The maximum atomic E-state index is 6.70. The minimum atomic E-state index is 0.210. The third kappa shape index (κ3) is 3.17. The van der Waals surface area contributed by atoms with Crippen LogP contribution in [0.2, 0.25) is 0 Å². The Morgan fingerprint density at radius 3 is 1.83 bits per heavy atom. The van der Waals surface area contributed by atoms with Crippen LogP contribution in [0.5, 0.6) is 11.5 Å². The zero-order chi connectivity index (χ0) is 30.2. The molecule has 15 rings (SSSR count). The van der Waals surface area contributed by atoms with Gasteiger partial charge in [0.05, 0.1) is 5.52 Å². The number of hydrogen-bond donors (Lipinski definition) is 0. The molecule has 5 aromatic rings. The number of para-hydroxylation sites is 1. The van der Waals surface area contributed by atoms with Crippen molar-refractivity contribution < 1.29 is 4.74 Å². The molecule has 0 N–H and O–H groups in total. The normalized spacial score (nSPS) is 36.2. The molecule has 4 aromatic carbocycles. The van der Waals surface area contributed by atoms with E-state index in [0.717, 1.165) is 47.0 Å². The van der Waals surface area contributed by atoms with Crippen LogP contribution in [0.15, 0.2) is 72.8 Å². The molecule has 3 heterocycles. The van der Waals surface area contributed by atoms with Crippen molar-refractivity contribution >= 4 is 44.9 Å². The van der Waals surface area contributed by atoms with E-state index in [4.69, 9.17) is 4.74 Å². The molecule has 8 aliphatic carbocycles. The quantitative estimate of drug-likeness (QED) is 0.179. The number of fused-ring (bicyclic) bond motifs is 7. The van der Waals surface area contributed by atoms with Gasteiger partial charge in [0.2, 0.25) is 0 Å². The van der Waals surface area contributed by atoms with E-state index in [9.17, 15) is 0 Å². The van der Waals surface area contributed by atoms with Crippen molar-refractivity contribution in [3.63, 3.8) is 0 Å². The summed E-state index contributed by atoms with van der Waals surface area (Å²) in [6, 6.07) is 29.0. The third-order valence-electron chi connectivity index (χ3n) is 15.5. The Morgan fingerprint density at radius 1 is 0.553 bits per heavy atom. The van der Waals surface area contributed by atoms with Crippen LogP contribution in [0.25, 0.3) is 27.5 Å². The van der Waals surface area contributed by atoms with Crippen LogP contribution >= 0.6 is 0 Å². The topological polar surface area (TPSA) is 14.2 Å². The lowest BCUT2D eigenvalue weighted by Crippen LogP contribution is -2.58. The highest BCUT2D eigenvalue weighted by Crippen LogP contribution is 2.62. The van der Waals surface area contributed by atoms with Gasteiger partial charge in [-0.2, -0.15) is 0 Å². The molecular weight excluding hydrogens is 569 g/mol. The van der Waals surface area contributed by atoms with Crippen molar-refractivity contribution in [2.75, 3.05) is 0 Å². The zero-order valence-corrected chi connectivity index (χ0v) is 27.3. The summed E-state index contributed by atoms with van der Waals surface area (Å²) in [7, 11) is 0. The number of ether oxygens (including phenoxy) is 1. The molecular formula is C44H42BNO. The number of hydrogen-bond acceptors (Lipinski definition) is 1.